The van der Waals surface area contributed by atoms with Gasteiger partial charge in [0.1, 0.15) is 0 Å². The van der Waals surface area contributed by atoms with E-state index in [0.29, 0.717) is 24.2 Å². The molecule has 0 spiro atoms. The van der Waals surface area contributed by atoms with Crippen LogP contribution in [0.3, 0.4) is 0 Å². The van der Waals surface area contributed by atoms with Crippen LogP contribution in [-0.2, 0) is 9.59 Å². The number of carbonyl (C=O) groups is 2. The molecule has 39 heavy (non-hydrogen) atoms. The maximum absolute atomic E-state index is 11.4. The number of aliphatic carboxylic acids is 2. The number of carboxylic acids is 2. The Balaban J connectivity index is 0.00000353. The SMILES string of the molecule is CC1=C(CCC(=O)O)c2cc3nc(cc4[nH]c(cc4C)cc4[nH]c(cc1n2)cc4C)C(C)=C3CCC(=O)O.[In]. The van der Waals surface area contributed by atoms with Crippen LogP contribution in [0.15, 0.2) is 36.4 Å². The second-order valence-electron chi connectivity index (χ2n) is 9.98. The summed E-state index contributed by atoms with van der Waals surface area (Å²) in [4.78, 5) is 39.6. The van der Waals surface area contributed by atoms with Crippen molar-refractivity contribution in [2.45, 2.75) is 53.4 Å². The van der Waals surface area contributed by atoms with Crippen LogP contribution in [0.2, 0.25) is 0 Å². The summed E-state index contributed by atoms with van der Waals surface area (Å²) in [6.07, 6.45) is 0.647. The zero-order valence-corrected chi connectivity index (χ0v) is 25.8. The van der Waals surface area contributed by atoms with Gasteiger partial charge in [0, 0.05) is 60.8 Å². The van der Waals surface area contributed by atoms with E-state index in [2.05, 4.69) is 35.1 Å². The third-order valence-electron chi connectivity index (χ3n) is 7.25. The van der Waals surface area contributed by atoms with Crippen LogP contribution in [-0.4, -0.2) is 67.9 Å². The Bertz CT molecular complexity index is 1730. The molecule has 4 N–H and O–H groups in total. The van der Waals surface area contributed by atoms with Crippen molar-refractivity contribution in [1.82, 2.24) is 19.9 Å². The summed E-state index contributed by atoms with van der Waals surface area (Å²) in [5.74, 6) is -1.75. The summed E-state index contributed by atoms with van der Waals surface area (Å²) < 4.78 is 0. The van der Waals surface area contributed by atoms with Gasteiger partial charge in [0.15, 0.2) is 0 Å². The Morgan fingerprint density at radius 3 is 1.56 bits per heavy atom. The van der Waals surface area contributed by atoms with E-state index >= 15 is 0 Å². The maximum atomic E-state index is 11.4. The van der Waals surface area contributed by atoms with Gasteiger partial charge in [0.05, 0.1) is 22.8 Å². The second kappa shape index (κ2) is 11.3. The Morgan fingerprint density at radius 2 is 1.08 bits per heavy atom. The number of allylic oxidation sites excluding steroid dienone is 4. The van der Waals surface area contributed by atoms with Crippen LogP contribution in [0.4, 0.5) is 0 Å². The van der Waals surface area contributed by atoms with Crippen molar-refractivity contribution in [2.24, 2.45) is 0 Å². The number of carboxylic acid groups (broad SMARTS) is 2. The first-order valence-corrected chi connectivity index (χ1v) is 12.6. The molecule has 2 aliphatic heterocycles. The van der Waals surface area contributed by atoms with Gasteiger partial charge >= 0.3 is 11.9 Å². The van der Waals surface area contributed by atoms with Crippen LogP contribution in [0.25, 0.3) is 44.4 Å². The third kappa shape index (κ3) is 5.88. The van der Waals surface area contributed by atoms with Crippen LogP contribution < -0.4 is 0 Å². The normalized spacial score (nSPS) is 13.0. The second-order valence-corrected chi connectivity index (χ2v) is 9.98. The summed E-state index contributed by atoms with van der Waals surface area (Å²) in [5.41, 5.74) is 12.4. The minimum Gasteiger partial charge on any atom is -0.481 e. The summed E-state index contributed by atoms with van der Waals surface area (Å²) in [6.45, 7) is 8.01. The number of nitrogens with zero attached hydrogens (tertiary/aromatic N) is 2. The van der Waals surface area contributed by atoms with Crippen molar-refractivity contribution < 1.29 is 19.8 Å². The molecular formula is C30H30InN4O4. The first kappa shape index (κ1) is 28.4. The van der Waals surface area contributed by atoms with E-state index in [-0.39, 0.29) is 38.7 Å². The quantitative estimate of drug-likeness (QED) is 0.260. The molecule has 0 aliphatic carbocycles. The number of aromatic nitrogens is 4. The van der Waals surface area contributed by atoms with Gasteiger partial charge < -0.3 is 20.2 Å². The van der Waals surface area contributed by atoms with E-state index < -0.39 is 11.9 Å². The molecule has 0 atom stereocenters. The van der Waals surface area contributed by atoms with Crippen LogP contribution in [0.5, 0.6) is 0 Å². The van der Waals surface area contributed by atoms with Gasteiger partial charge in [-0.2, -0.15) is 0 Å². The molecule has 8 bridgehead atoms. The van der Waals surface area contributed by atoms with E-state index in [4.69, 9.17) is 9.97 Å². The average Bonchev–Trinajstić information content (AvgIpc) is 3.53. The van der Waals surface area contributed by atoms with Crippen molar-refractivity contribution in [3.63, 3.8) is 0 Å². The van der Waals surface area contributed by atoms with Crippen LogP contribution >= 0.6 is 0 Å². The fraction of sp³-hybridized carbons (Fsp3) is 0.267. The number of hydrogen-bond acceptors (Lipinski definition) is 4. The van der Waals surface area contributed by atoms with Crippen molar-refractivity contribution in [3.8, 4) is 0 Å². The van der Waals surface area contributed by atoms with E-state index in [9.17, 15) is 19.8 Å². The summed E-state index contributed by atoms with van der Waals surface area (Å²) in [7, 11) is 0. The smallest absolute Gasteiger partial charge is 0.303 e. The number of nitrogens with one attached hydrogen (secondary N) is 2. The number of fused-ring (bicyclic) bond motifs is 8. The molecule has 9 heteroatoms. The molecule has 0 saturated heterocycles. The standard InChI is InChI=1S/C30H30N4O4.In/c1-15-9-20-12-25-17(3)21(5-7-29(35)36)27(33-25)14-28-22(6-8-30(37)38)18(4)26(34-28)13-24-16(2)10-19(32-24)11-23(15)31-20;/h9-14,31-32H,5-8H2,1-4H3,(H,35,36)(H,37,38);. The monoisotopic (exact) mass is 625 g/mol. The van der Waals surface area contributed by atoms with E-state index in [0.717, 1.165) is 66.9 Å². The maximum Gasteiger partial charge on any atom is 0.303 e. The molecular weight excluding hydrogens is 595 g/mol. The molecule has 3 aromatic rings. The van der Waals surface area contributed by atoms with Crippen LogP contribution in [0.1, 0.15) is 73.4 Å². The zero-order chi connectivity index (χ0) is 27.1. The molecule has 0 unspecified atom stereocenters. The number of H-pyrrole nitrogens is 2. The fourth-order valence-electron chi connectivity index (χ4n) is 5.10. The average molecular weight is 625 g/mol. The molecule has 3 aromatic heterocycles. The molecule has 5 heterocycles. The fourth-order valence-corrected chi connectivity index (χ4v) is 5.10. The number of hydrogen-bond donors (Lipinski definition) is 4. The van der Waals surface area contributed by atoms with Crippen molar-refractivity contribution >= 4 is 82.1 Å². The Labute approximate surface area is 244 Å². The van der Waals surface area contributed by atoms with Gasteiger partial charge in [0.2, 0.25) is 0 Å². The predicted octanol–water partition coefficient (Wildman–Crippen LogP) is 6.14. The number of aryl methyl sites for hydroxylation is 2. The van der Waals surface area contributed by atoms with Crippen molar-refractivity contribution in [2.75, 3.05) is 0 Å². The van der Waals surface area contributed by atoms with E-state index in [1.807, 2.05) is 39.0 Å². The van der Waals surface area contributed by atoms with Gasteiger partial charge in [-0.1, -0.05) is 0 Å². The summed E-state index contributed by atoms with van der Waals surface area (Å²) >= 11 is 0. The topological polar surface area (TPSA) is 132 Å². The first-order chi connectivity index (χ1) is 18.1. The third-order valence-corrected chi connectivity index (χ3v) is 7.25. The van der Waals surface area contributed by atoms with Crippen LogP contribution in [0, 0.1) is 13.8 Å². The Morgan fingerprint density at radius 1 is 0.641 bits per heavy atom. The predicted molar refractivity (Wildman–Crippen MR) is 155 cm³/mol. The molecule has 2 aliphatic rings. The molecule has 197 valence electrons. The Kier molecular flexibility index (Phi) is 8.20. The summed E-state index contributed by atoms with van der Waals surface area (Å²) in [5, 5.41) is 18.7. The molecule has 0 amide bonds. The van der Waals surface area contributed by atoms with Gasteiger partial charge in [-0.05, 0) is 110 Å². The summed E-state index contributed by atoms with van der Waals surface area (Å²) in [6, 6.07) is 12.1. The molecule has 0 aromatic carbocycles. The van der Waals surface area contributed by atoms with Gasteiger partial charge in [-0.15, -0.1) is 0 Å². The molecule has 0 saturated carbocycles. The molecule has 3 radical (unpaired) electrons. The van der Waals surface area contributed by atoms with Crippen molar-refractivity contribution in [3.05, 3.63) is 70.3 Å². The van der Waals surface area contributed by atoms with Gasteiger partial charge in [-0.25, -0.2) is 9.97 Å². The van der Waals surface area contributed by atoms with Gasteiger partial charge in [0.25, 0.3) is 0 Å². The largest absolute Gasteiger partial charge is 0.481 e. The first-order valence-electron chi connectivity index (χ1n) is 12.6. The van der Waals surface area contributed by atoms with E-state index in [1.54, 1.807) is 0 Å². The molecule has 5 rings (SSSR count). The zero-order valence-electron chi connectivity index (χ0n) is 22.5. The molecule has 8 nitrogen and oxygen atoms in total. The van der Waals surface area contributed by atoms with E-state index in [1.165, 1.54) is 0 Å². The van der Waals surface area contributed by atoms with Gasteiger partial charge in [-0.3, -0.25) is 9.59 Å². The Hall–Kier alpha value is -3.59. The minimum atomic E-state index is -0.873. The number of aromatic amines is 2. The van der Waals surface area contributed by atoms with Crippen molar-refractivity contribution in [1.29, 1.82) is 0 Å². The minimum absolute atomic E-state index is 0. The number of rotatable bonds is 6. The molecule has 0 fully saturated rings.